The molecule has 1 unspecified atom stereocenters. The molecule has 26 heavy (non-hydrogen) atoms. The summed E-state index contributed by atoms with van der Waals surface area (Å²) >= 11 is 0. The van der Waals surface area contributed by atoms with Gasteiger partial charge in [0.15, 0.2) is 9.84 Å². The van der Waals surface area contributed by atoms with Crippen LogP contribution in [-0.2, 0) is 16.4 Å². The highest BCUT2D eigenvalue weighted by atomic mass is 32.2. The van der Waals surface area contributed by atoms with E-state index in [1.807, 2.05) is 18.2 Å². The molecule has 1 fully saturated rings. The molecule has 1 aliphatic heterocycles. The maximum Gasteiger partial charge on any atom is 0.153 e. The number of rotatable bonds is 7. The van der Waals surface area contributed by atoms with Crippen molar-refractivity contribution < 1.29 is 13.2 Å². The predicted octanol–water partition coefficient (Wildman–Crippen LogP) is 1.41. The molecular weight excluding hydrogens is 354 g/mol. The zero-order valence-corrected chi connectivity index (χ0v) is 15.9. The van der Waals surface area contributed by atoms with E-state index in [1.54, 1.807) is 18.1 Å². The summed E-state index contributed by atoms with van der Waals surface area (Å²) in [5.41, 5.74) is 1.89. The molecule has 0 amide bonds. The van der Waals surface area contributed by atoms with Crippen LogP contribution in [-0.4, -0.2) is 60.9 Å². The maximum absolute atomic E-state index is 11.6. The van der Waals surface area contributed by atoms with Crippen molar-refractivity contribution in [2.45, 2.75) is 25.9 Å². The third-order valence-electron chi connectivity index (χ3n) is 4.62. The fraction of sp³-hybridized carbons (Fsp3) is 0.529. The first kappa shape index (κ1) is 18.5. The zero-order chi connectivity index (χ0) is 18.6. The topological polar surface area (TPSA) is 89.4 Å². The molecule has 0 aliphatic carbocycles. The van der Waals surface area contributed by atoms with Crippen LogP contribution in [0.25, 0.3) is 0 Å². The van der Waals surface area contributed by atoms with Crippen molar-refractivity contribution in [3.8, 4) is 5.75 Å². The van der Waals surface area contributed by atoms with Crippen molar-refractivity contribution >= 4 is 21.2 Å². The van der Waals surface area contributed by atoms with E-state index in [0.717, 1.165) is 23.5 Å². The van der Waals surface area contributed by atoms with Gasteiger partial charge in [0.05, 0.1) is 30.8 Å². The van der Waals surface area contributed by atoms with Crippen molar-refractivity contribution in [3.05, 3.63) is 30.9 Å². The van der Waals surface area contributed by atoms with E-state index in [0.29, 0.717) is 19.6 Å². The number of hydrogen-bond acceptors (Lipinski definition) is 7. The second-order valence-electron chi connectivity index (χ2n) is 6.39. The molecular formula is C17H25N5O3S. The minimum atomic E-state index is -2.89. The molecule has 2 heterocycles. The highest BCUT2D eigenvalue weighted by molar-refractivity contribution is 7.91. The second kappa shape index (κ2) is 7.94. The molecule has 0 saturated carbocycles. The lowest BCUT2D eigenvalue weighted by molar-refractivity contribution is 0.415. The monoisotopic (exact) mass is 379 g/mol. The lowest BCUT2D eigenvalue weighted by Gasteiger charge is -2.29. The molecule has 9 heteroatoms. The number of methoxy groups -OCH3 is 1. The Hall–Kier alpha value is -2.29. The van der Waals surface area contributed by atoms with Crippen LogP contribution in [0, 0.1) is 0 Å². The summed E-state index contributed by atoms with van der Waals surface area (Å²) < 4.78 is 30.6. The number of aromatic nitrogens is 3. The SMILES string of the molecule is CCC(Cn1cncn1)Nc1ccc(N2CCS(=O)(=O)CC2)cc1OC. The van der Waals surface area contributed by atoms with Gasteiger partial charge in [-0.15, -0.1) is 0 Å². The number of nitrogens with zero attached hydrogens (tertiary/aromatic N) is 4. The molecule has 2 aromatic rings. The highest BCUT2D eigenvalue weighted by Crippen LogP contribution is 2.31. The average Bonchev–Trinajstić information content (AvgIpc) is 3.14. The van der Waals surface area contributed by atoms with Gasteiger partial charge in [0.25, 0.3) is 0 Å². The lowest BCUT2D eigenvalue weighted by atomic mass is 10.2. The van der Waals surface area contributed by atoms with E-state index in [-0.39, 0.29) is 17.5 Å². The Bertz CT molecular complexity index is 809. The van der Waals surface area contributed by atoms with Crippen LogP contribution < -0.4 is 15.0 Å². The Morgan fingerprint density at radius 2 is 2.08 bits per heavy atom. The van der Waals surface area contributed by atoms with Crippen molar-refractivity contribution in [1.29, 1.82) is 0 Å². The van der Waals surface area contributed by atoms with Crippen LogP contribution >= 0.6 is 0 Å². The minimum Gasteiger partial charge on any atom is -0.495 e. The molecule has 1 aliphatic rings. The summed E-state index contributed by atoms with van der Waals surface area (Å²) in [6, 6.07) is 6.14. The van der Waals surface area contributed by atoms with Gasteiger partial charge in [0.2, 0.25) is 0 Å². The summed E-state index contributed by atoms with van der Waals surface area (Å²) in [6.07, 6.45) is 4.16. The lowest BCUT2D eigenvalue weighted by Crippen LogP contribution is -2.40. The molecule has 142 valence electrons. The van der Waals surface area contributed by atoms with Crippen molar-refractivity contribution in [3.63, 3.8) is 0 Å². The average molecular weight is 379 g/mol. The molecule has 3 rings (SSSR count). The van der Waals surface area contributed by atoms with E-state index in [1.165, 1.54) is 6.33 Å². The van der Waals surface area contributed by atoms with Crippen LogP contribution in [0.1, 0.15) is 13.3 Å². The molecule has 8 nitrogen and oxygen atoms in total. The van der Waals surface area contributed by atoms with E-state index in [9.17, 15) is 8.42 Å². The van der Waals surface area contributed by atoms with E-state index < -0.39 is 9.84 Å². The smallest absolute Gasteiger partial charge is 0.153 e. The predicted molar refractivity (Wildman–Crippen MR) is 102 cm³/mol. The van der Waals surface area contributed by atoms with Gasteiger partial charge < -0.3 is 15.0 Å². The molecule has 1 aromatic heterocycles. The van der Waals surface area contributed by atoms with Gasteiger partial charge >= 0.3 is 0 Å². The first-order valence-electron chi connectivity index (χ1n) is 8.73. The van der Waals surface area contributed by atoms with E-state index in [2.05, 4.69) is 27.2 Å². The Labute approximate surface area is 154 Å². The number of nitrogens with one attached hydrogen (secondary N) is 1. The quantitative estimate of drug-likeness (QED) is 0.778. The standard InChI is InChI=1S/C17H25N5O3S/c1-3-14(11-22-13-18-12-19-22)20-16-5-4-15(10-17(16)25-2)21-6-8-26(23,24)9-7-21/h4-5,10,12-14,20H,3,6-9,11H2,1-2H3. The van der Waals surface area contributed by atoms with Crippen molar-refractivity contribution in [2.24, 2.45) is 0 Å². The number of hydrogen-bond donors (Lipinski definition) is 1. The first-order valence-corrected chi connectivity index (χ1v) is 10.5. The fourth-order valence-electron chi connectivity index (χ4n) is 3.02. The summed E-state index contributed by atoms with van der Waals surface area (Å²) in [7, 11) is -1.25. The van der Waals surface area contributed by atoms with Crippen LogP contribution in [0.15, 0.2) is 30.9 Å². The van der Waals surface area contributed by atoms with Crippen LogP contribution in [0.2, 0.25) is 0 Å². The van der Waals surface area contributed by atoms with E-state index in [4.69, 9.17) is 4.74 Å². The molecule has 0 spiro atoms. The molecule has 1 saturated heterocycles. The van der Waals surface area contributed by atoms with Gasteiger partial charge in [-0.2, -0.15) is 5.10 Å². The maximum atomic E-state index is 11.6. The van der Waals surface area contributed by atoms with Gasteiger partial charge in [0.1, 0.15) is 18.4 Å². The summed E-state index contributed by atoms with van der Waals surface area (Å²) in [5, 5.41) is 7.66. The van der Waals surface area contributed by atoms with Gasteiger partial charge in [-0.25, -0.2) is 13.4 Å². The molecule has 1 aromatic carbocycles. The number of ether oxygens (including phenoxy) is 1. The minimum absolute atomic E-state index is 0.191. The van der Waals surface area contributed by atoms with Gasteiger partial charge in [-0.1, -0.05) is 6.92 Å². The van der Waals surface area contributed by atoms with Crippen LogP contribution in [0.5, 0.6) is 5.75 Å². The van der Waals surface area contributed by atoms with Gasteiger partial charge in [0, 0.05) is 30.9 Å². The second-order valence-corrected chi connectivity index (χ2v) is 8.69. The fourth-order valence-corrected chi connectivity index (χ4v) is 4.22. The molecule has 1 N–H and O–H groups in total. The Balaban J connectivity index is 1.72. The van der Waals surface area contributed by atoms with E-state index >= 15 is 0 Å². The Kier molecular flexibility index (Phi) is 5.65. The Morgan fingerprint density at radius 3 is 2.69 bits per heavy atom. The number of benzene rings is 1. The van der Waals surface area contributed by atoms with Gasteiger partial charge in [-0.3, -0.25) is 4.68 Å². The van der Waals surface area contributed by atoms with Gasteiger partial charge in [-0.05, 0) is 18.6 Å². The molecule has 0 radical (unpaired) electrons. The summed E-state index contributed by atoms with van der Waals surface area (Å²) in [5.74, 6) is 1.14. The normalized spacial score (nSPS) is 17.7. The first-order chi connectivity index (χ1) is 12.5. The molecule has 0 bridgehead atoms. The number of sulfone groups is 1. The number of anilines is 2. The van der Waals surface area contributed by atoms with Crippen LogP contribution in [0.3, 0.4) is 0 Å². The summed E-state index contributed by atoms with van der Waals surface area (Å²) in [4.78, 5) is 6.06. The zero-order valence-electron chi connectivity index (χ0n) is 15.1. The van der Waals surface area contributed by atoms with Crippen molar-refractivity contribution in [2.75, 3.05) is 41.9 Å². The summed E-state index contributed by atoms with van der Waals surface area (Å²) in [6.45, 7) is 3.86. The highest BCUT2D eigenvalue weighted by Gasteiger charge is 2.22. The largest absolute Gasteiger partial charge is 0.495 e. The van der Waals surface area contributed by atoms with Crippen molar-refractivity contribution in [1.82, 2.24) is 14.8 Å². The third-order valence-corrected chi connectivity index (χ3v) is 6.23. The third kappa shape index (κ3) is 4.46. The molecule has 1 atom stereocenters. The Morgan fingerprint density at radius 1 is 1.31 bits per heavy atom. The van der Waals surface area contributed by atoms with Crippen LogP contribution in [0.4, 0.5) is 11.4 Å².